The fourth-order valence-corrected chi connectivity index (χ4v) is 3.43. The second-order valence-corrected chi connectivity index (χ2v) is 6.38. The van der Waals surface area contributed by atoms with E-state index < -0.39 is 11.6 Å². The number of hydrogen-bond acceptors (Lipinski definition) is 3. The number of carbonyl (C=O) groups is 2. The second kappa shape index (κ2) is 4.05. The maximum atomic E-state index is 12.1. The highest BCUT2D eigenvalue weighted by molar-refractivity contribution is 6.52. The number of allylic oxidation sites excluding steroid dienone is 1. The lowest BCUT2D eigenvalue weighted by atomic mass is 9.69. The first-order valence-electron chi connectivity index (χ1n) is 7.00. The summed E-state index contributed by atoms with van der Waals surface area (Å²) >= 11 is 0. The third kappa shape index (κ3) is 1.59. The van der Waals surface area contributed by atoms with Gasteiger partial charge in [-0.15, -0.1) is 0 Å². The van der Waals surface area contributed by atoms with Gasteiger partial charge in [0.05, 0.1) is 0 Å². The lowest BCUT2D eigenvalue weighted by molar-refractivity contribution is -0.111. The van der Waals surface area contributed by atoms with Gasteiger partial charge in [-0.25, -0.2) is 0 Å². The summed E-state index contributed by atoms with van der Waals surface area (Å²) < 4.78 is 0. The lowest BCUT2D eigenvalue weighted by Crippen LogP contribution is -2.29. The molecule has 3 rings (SSSR count). The van der Waals surface area contributed by atoms with E-state index in [1.807, 2.05) is 6.07 Å². The van der Waals surface area contributed by atoms with Crippen LogP contribution in [0.4, 0.5) is 0 Å². The Bertz CT molecular complexity index is 678. The summed E-state index contributed by atoms with van der Waals surface area (Å²) in [6.07, 6.45) is 2.97. The molecule has 1 aromatic rings. The summed E-state index contributed by atoms with van der Waals surface area (Å²) in [6.45, 7) is 5.88. The zero-order valence-corrected chi connectivity index (χ0v) is 12.0. The number of aliphatic hydroxyl groups is 1. The topological polar surface area (TPSA) is 54.4 Å². The van der Waals surface area contributed by atoms with Crippen LogP contribution in [0.25, 0.3) is 5.76 Å². The Hall–Kier alpha value is -1.90. The predicted octanol–water partition coefficient (Wildman–Crippen LogP) is 3.35. The molecule has 0 saturated heterocycles. The first-order valence-corrected chi connectivity index (χ1v) is 7.00. The highest BCUT2D eigenvalue weighted by Gasteiger charge is 2.36. The fraction of sp³-hybridized carbons (Fsp3) is 0.412. The normalized spacial score (nSPS) is 20.8. The van der Waals surface area contributed by atoms with Crippen LogP contribution < -0.4 is 0 Å². The van der Waals surface area contributed by atoms with Crippen LogP contribution in [-0.2, 0) is 16.6 Å². The van der Waals surface area contributed by atoms with Crippen molar-refractivity contribution >= 4 is 17.3 Å². The summed E-state index contributed by atoms with van der Waals surface area (Å²) in [5.41, 5.74) is 3.38. The highest BCUT2D eigenvalue weighted by Crippen LogP contribution is 2.42. The number of ketones is 2. The van der Waals surface area contributed by atoms with Crippen molar-refractivity contribution in [3.63, 3.8) is 0 Å². The molecule has 0 amide bonds. The molecule has 3 nitrogen and oxygen atoms in total. The second-order valence-electron chi connectivity index (χ2n) is 6.38. The summed E-state index contributed by atoms with van der Waals surface area (Å²) in [6, 6.07) is 3.65. The minimum Gasteiger partial charge on any atom is -0.507 e. The number of Topliss-reactive ketones (excluding diaryl/α,β-unsaturated/α-hetero) is 2. The summed E-state index contributed by atoms with van der Waals surface area (Å²) in [5.74, 6) is -1.11. The molecule has 0 saturated carbocycles. The fourth-order valence-electron chi connectivity index (χ4n) is 3.43. The van der Waals surface area contributed by atoms with Crippen LogP contribution in [0.15, 0.2) is 17.7 Å². The molecule has 20 heavy (non-hydrogen) atoms. The van der Waals surface area contributed by atoms with Crippen LogP contribution in [0.3, 0.4) is 0 Å². The number of hydrogen-bond donors (Lipinski definition) is 1. The van der Waals surface area contributed by atoms with E-state index in [4.69, 9.17) is 0 Å². The average Bonchev–Trinajstić information content (AvgIpc) is 2.41. The number of carbonyl (C=O) groups excluding carboxylic acids is 2. The van der Waals surface area contributed by atoms with Crippen molar-refractivity contribution < 1.29 is 14.7 Å². The van der Waals surface area contributed by atoms with Gasteiger partial charge >= 0.3 is 0 Å². The van der Waals surface area contributed by atoms with Gasteiger partial charge in [-0.2, -0.15) is 0 Å². The Morgan fingerprint density at radius 2 is 1.85 bits per heavy atom. The molecule has 0 radical (unpaired) electrons. The van der Waals surface area contributed by atoms with Crippen molar-refractivity contribution in [3.05, 3.63) is 40.0 Å². The van der Waals surface area contributed by atoms with Crippen LogP contribution in [0.1, 0.15) is 60.7 Å². The molecule has 0 bridgehead atoms. The number of aliphatic hydroxyl groups excluding tert-OH is 1. The quantitative estimate of drug-likeness (QED) is 0.735. The van der Waals surface area contributed by atoms with E-state index in [0.717, 1.165) is 24.8 Å². The number of benzene rings is 1. The Morgan fingerprint density at radius 1 is 1.15 bits per heavy atom. The molecular formula is C17H18O3. The Kier molecular flexibility index (Phi) is 2.65. The molecule has 1 N–H and O–H groups in total. The molecule has 0 heterocycles. The maximum absolute atomic E-state index is 12.1. The van der Waals surface area contributed by atoms with Gasteiger partial charge in [0.2, 0.25) is 11.6 Å². The van der Waals surface area contributed by atoms with Crippen LogP contribution in [0.2, 0.25) is 0 Å². The van der Waals surface area contributed by atoms with Gasteiger partial charge in [-0.1, -0.05) is 19.9 Å². The third-order valence-corrected chi connectivity index (χ3v) is 4.65. The summed E-state index contributed by atoms with van der Waals surface area (Å²) in [5, 5.41) is 10.4. The van der Waals surface area contributed by atoms with Gasteiger partial charge in [0.15, 0.2) is 0 Å². The van der Waals surface area contributed by atoms with Crippen molar-refractivity contribution in [3.8, 4) is 0 Å². The number of rotatable bonds is 0. The first kappa shape index (κ1) is 13.1. The molecule has 0 spiro atoms. The molecule has 0 aliphatic heterocycles. The van der Waals surface area contributed by atoms with Crippen molar-refractivity contribution in [2.24, 2.45) is 0 Å². The third-order valence-electron chi connectivity index (χ3n) is 4.65. The SMILES string of the molecule is CC1=C(O)c2c(ccc3c2CCCC3(C)C)C(=O)C1=O. The standard InChI is InChI=1S/C17H18O3/c1-9-14(18)13-10-5-4-8-17(2,3)12(10)7-6-11(13)16(20)15(9)19/h6-7,18H,4-5,8H2,1-3H3. The average molecular weight is 270 g/mol. The summed E-state index contributed by atoms with van der Waals surface area (Å²) in [4.78, 5) is 24.0. The first-order chi connectivity index (χ1) is 9.34. The van der Waals surface area contributed by atoms with E-state index in [1.165, 1.54) is 12.5 Å². The van der Waals surface area contributed by atoms with Gasteiger partial charge in [0.25, 0.3) is 0 Å². The molecule has 2 aliphatic rings. The molecule has 1 aromatic carbocycles. The van der Waals surface area contributed by atoms with Crippen LogP contribution in [0.5, 0.6) is 0 Å². The molecule has 0 atom stereocenters. The minimum atomic E-state index is -0.593. The predicted molar refractivity (Wildman–Crippen MR) is 77.0 cm³/mol. The van der Waals surface area contributed by atoms with Crippen LogP contribution in [-0.4, -0.2) is 16.7 Å². The molecular weight excluding hydrogens is 252 g/mol. The van der Waals surface area contributed by atoms with Gasteiger partial charge in [-0.05, 0) is 48.8 Å². The largest absolute Gasteiger partial charge is 0.507 e. The van der Waals surface area contributed by atoms with E-state index in [-0.39, 0.29) is 16.7 Å². The number of fused-ring (bicyclic) bond motifs is 3. The van der Waals surface area contributed by atoms with Crippen LogP contribution >= 0.6 is 0 Å². The molecule has 2 aliphatic carbocycles. The van der Waals surface area contributed by atoms with E-state index >= 15 is 0 Å². The van der Waals surface area contributed by atoms with Gasteiger partial charge < -0.3 is 5.11 Å². The van der Waals surface area contributed by atoms with Gasteiger partial charge in [-0.3, -0.25) is 9.59 Å². The monoisotopic (exact) mass is 270 g/mol. The lowest BCUT2D eigenvalue weighted by Gasteiger charge is -2.35. The van der Waals surface area contributed by atoms with Crippen molar-refractivity contribution in [1.82, 2.24) is 0 Å². The van der Waals surface area contributed by atoms with Crippen LogP contribution in [0, 0.1) is 0 Å². The molecule has 0 aromatic heterocycles. The van der Waals surface area contributed by atoms with Crippen molar-refractivity contribution in [1.29, 1.82) is 0 Å². The highest BCUT2D eigenvalue weighted by atomic mass is 16.3. The van der Waals surface area contributed by atoms with E-state index in [1.54, 1.807) is 6.07 Å². The van der Waals surface area contributed by atoms with Gasteiger partial charge in [0, 0.05) is 16.7 Å². The molecule has 0 fully saturated rings. The van der Waals surface area contributed by atoms with Crippen molar-refractivity contribution in [2.75, 3.05) is 0 Å². The molecule has 104 valence electrons. The summed E-state index contributed by atoms with van der Waals surface area (Å²) in [7, 11) is 0. The molecule has 3 heteroatoms. The molecule has 0 unspecified atom stereocenters. The Balaban J connectivity index is 2.36. The van der Waals surface area contributed by atoms with Crippen molar-refractivity contribution in [2.45, 2.75) is 45.4 Å². The smallest absolute Gasteiger partial charge is 0.234 e. The zero-order chi connectivity index (χ0) is 14.7. The van der Waals surface area contributed by atoms with E-state index in [2.05, 4.69) is 13.8 Å². The Morgan fingerprint density at radius 3 is 2.55 bits per heavy atom. The Labute approximate surface area is 118 Å². The maximum Gasteiger partial charge on any atom is 0.234 e. The van der Waals surface area contributed by atoms with E-state index in [9.17, 15) is 14.7 Å². The van der Waals surface area contributed by atoms with Gasteiger partial charge in [0.1, 0.15) is 5.76 Å². The zero-order valence-electron chi connectivity index (χ0n) is 12.0. The van der Waals surface area contributed by atoms with E-state index in [0.29, 0.717) is 11.1 Å². The minimum absolute atomic E-state index is 0.0147.